The molecule has 1 aliphatic heterocycles. The van der Waals surface area contributed by atoms with E-state index >= 15 is 0 Å². The van der Waals surface area contributed by atoms with E-state index < -0.39 is 71.3 Å². The lowest BCUT2D eigenvalue weighted by molar-refractivity contribution is -0.153. The molecule has 210 valence electrons. The number of carbonyl (C=O) groups is 1. The number of hydrogen-bond acceptors (Lipinski definition) is 10. The predicted octanol–water partition coefficient (Wildman–Crippen LogP) is 2.36. The van der Waals surface area contributed by atoms with Crippen LogP contribution in [-0.4, -0.2) is 66.7 Å². The lowest BCUT2D eigenvalue weighted by Gasteiger charge is -2.25. The first-order chi connectivity index (χ1) is 17.6. The van der Waals surface area contributed by atoms with Gasteiger partial charge >= 0.3 is 19.3 Å². The minimum atomic E-state index is -4.07. The molecule has 12 nitrogen and oxygen atoms in total. The third-order valence-corrected chi connectivity index (χ3v) is 8.67. The minimum absolute atomic E-state index is 0.214. The van der Waals surface area contributed by atoms with Gasteiger partial charge in [0, 0.05) is 12.3 Å². The van der Waals surface area contributed by atoms with Crippen molar-refractivity contribution in [3.05, 3.63) is 63.4 Å². The summed E-state index contributed by atoms with van der Waals surface area (Å²) in [6.45, 7) is 3.65. The van der Waals surface area contributed by atoms with Gasteiger partial charge in [-0.15, -0.1) is 0 Å². The number of ether oxygens (including phenoxy) is 2. The number of H-pyrrole nitrogens is 1. The Morgan fingerprint density at radius 2 is 1.97 bits per heavy atom. The maximum atomic E-state index is 13.8. The molecule has 1 aromatic heterocycles. The molecule has 38 heavy (non-hydrogen) atoms. The average molecular weight is 640 g/mol. The number of aliphatic hydroxyl groups excluding tert-OH is 1. The molecule has 3 N–H and O–H groups in total. The fraction of sp³-hybridized carbons (Fsp3) is 0.522. The molecule has 1 saturated heterocycles. The zero-order valence-corrected chi connectivity index (χ0v) is 24.0. The van der Waals surface area contributed by atoms with Crippen LogP contribution in [0.15, 0.2) is 52.2 Å². The maximum absolute atomic E-state index is 13.8. The van der Waals surface area contributed by atoms with Crippen molar-refractivity contribution in [2.75, 3.05) is 19.4 Å². The third-order valence-electron chi connectivity index (χ3n) is 5.37. The van der Waals surface area contributed by atoms with Gasteiger partial charge in [-0.1, -0.05) is 52.7 Å². The van der Waals surface area contributed by atoms with E-state index in [-0.39, 0.29) is 12.4 Å². The van der Waals surface area contributed by atoms with E-state index in [9.17, 15) is 29.2 Å². The van der Waals surface area contributed by atoms with E-state index in [2.05, 4.69) is 20.9 Å². The van der Waals surface area contributed by atoms with Gasteiger partial charge in [0.25, 0.3) is 5.56 Å². The summed E-state index contributed by atoms with van der Waals surface area (Å²) in [5.74, 6) is -1.45. The highest BCUT2D eigenvalue weighted by Crippen LogP contribution is 2.52. The van der Waals surface area contributed by atoms with Gasteiger partial charge in [-0.05, 0) is 26.0 Å². The highest BCUT2D eigenvalue weighted by molar-refractivity contribution is 9.10. The summed E-state index contributed by atoms with van der Waals surface area (Å²) in [7, 11) is -4.07. The molecule has 0 radical (unpaired) electrons. The maximum Gasteiger partial charge on any atom is 0.380 e. The van der Waals surface area contributed by atoms with Gasteiger partial charge < -0.3 is 24.2 Å². The summed E-state index contributed by atoms with van der Waals surface area (Å²) >= 11 is 9.63. The Bertz CT molecular complexity index is 1280. The first-order valence-electron chi connectivity index (χ1n) is 11.5. The van der Waals surface area contributed by atoms with Gasteiger partial charge in [-0.3, -0.25) is 23.7 Å². The normalized spacial score (nSPS) is 25.9. The van der Waals surface area contributed by atoms with Gasteiger partial charge in [0.1, 0.15) is 24.6 Å². The Hall–Kier alpha value is -1.99. The first-order valence-corrected chi connectivity index (χ1v) is 14.4. The van der Waals surface area contributed by atoms with Crippen LogP contribution in [0.1, 0.15) is 27.0 Å². The number of benzene rings is 1. The first kappa shape index (κ1) is 30.6. The molecular formula is C23H29BrClN2O10P. The number of carbonyl (C=O) groups excluding carboxylic acids is 1. The van der Waals surface area contributed by atoms with Crippen molar-refractivity contribution in [2.45, 2.75) is 48.6 Å². The van der Waals surface area contributed by atoms with Crippen LogP contribution in [0.2, 0.25) is 0 Å². The minimum Gasteiger partial charge on any atom is -0.462 e. The van der Waals surface area contributed by atoms with E-state index in [1.807, 2.05) is 0 Å². The van der Waals surface area contributed by atoms with Crippen LogP contribution in [-0.2, 0) is 23.4 Å². The highest BCUT2D eigenvalue weighted by Gasteiger charge is 2.55. The number of hydrogen-bond donors (Lipinski definition) is 3. The van der Waals surface area contributed by atoms with Crippen molar-refractivity contribution >= 4 is 41.1 Å². The van der Waals surface area contributed by atoms with E-state index in [1.165, 1.54) is 20.8 Å². The van der Waals surface area contributed by atoms with Crippen LogP contribution in [0.25, 0.3) is 0 Å². The van der Waals surface area contributed by atoms with Crippen LogP contribution in [0.3, 0.4) is 0 Å². The second-order valence-corrected chi connectivity index (χ2v) is 13.9. The van der Waals surface area contributed by atoms with Crippen LogP contribution >= 0.6 is 35.1 Å². The topological polar surface area (TPSA) is 166 Å². The smallest absolute Gasteiger partial charge is 0.380 e. The molecule has 1 unspecified atom stereocenters. The monoisotopic (exact) mass is 638 g/mol. The molecule has 15 heteroatoms. The average Bonchev–Trinajstić information content (AvgIpc) is 3.04. The van der Waals surface area contributed by atoms with Crippen molar-refractivity contribution < 1.29 is 38.1 Å². The number of para-hydroxylation sites is 1. The molecule has 3 rings (SSSR count). The number of aliphatic hydroxyl groups is 2. The Kier molecular flexibility index (Phi) is 9.67. The summed E-state index contributed by atoms with van der Waals surface area (Å²) in [5.41, 5.74) is -2.70. The number of alkyl halides is 2. The number of esters is 1. The van der Waals surface area contributed by atoms with Crippen LogP contribution in [0, 0.1) is 5.92 Å². The second-order valence-electron chi connectivity index (χ2n) is 9.48. The molecule has 0 aliphatic carbocycles. The summed E-state index contributed by atoms with van der Waals surface area (Å²) < 4.78 is 35.2. The summed E-state index contributed by atoms with van der Waals surface area (Å²) in [6.07, 6.45) is -3.17. The lowest BCUT2D eigenvalue weighted by Crippen LogP contribution is -2.40. The van der Waals surface area contributed by atoms with Gasteiger partial charge in [-0.2, -0.15) is 0 Å². The van der Waals surface area contributed by atoms with Gasteiger partial charge in [0.15, 0.2) is 10.0 Å². The standard InChI is InChI=1S/C23H29BrClN2O10P/c1-14(19(30)34-13-22(2,3)32)12-38(33,37-15-7-5-4-6-8-15)35-11-16-18(29)23(24,25)20(36-16)27-10-9-17(28)26-21(27)31/h4-10,14,16,18,20,29,32H,11-13H2,1-3H3,(H,26,28,31)/t14-,16-,18-,20-,23+,38?/m1/s1. The summed E-state index contributed by atoms with van der Waals surface area (Å²) in [4.78, 5) is 38.2. The van der Waals surface area contributed by atoms with Gasteiger partial charge in [0.2, 0.25) is 0 Å². The zero-order chi connectivity index (χ0) is 28.3. The zero-order valence-electron chi connectivity index (χ0n) is 20.8. The molecule has 0 amide bonds. The molecule has 0 saturated carbocycles. The van der Waals surface area contributed by atoms with Crippen molar-refractivity contribution in [2.24, 2.45) is 5.92 Å². The summed E-state index contributed by atoms with van der Waals surface area (Å²) in [6, 6.07) is 9.23. The second kappa shape index (κ2) is 12.0. The number of aromatic amines is 1. The third kappa shape index (κ3) is 7.78. The van der Waals surface area contributed by atoms with Crippen molar-refractivity contribution in [1.29, 1.82) is 0 Å². The fourth-order valence-corrected chi connectivity index (χ4v) is 6.25. The Labute approximate surface area is 231 Å². The fourth-order valence-electron chi connectivity index (χ4n) is 3.46. The molecule has 1 aliphatic rings. The van der Waals surface area contributed by atoms with E-state index in [0.717, 1.165) is 16.8 Å². The molecule has 2 aromatic rings. The summed E-state index contributed by atoms with van der Waals surface area (Å²) in [5, 5.41) is 20.6. The number of aromatic nitrogens is 2. The predicted molar refractivity (Wildman–Crippen MR) is 141 cm³/mol. The van der Waals surface area contributed by atoms with E-state index in [0.29, 0.717) is 0 Å². The van der Waals surface area contributed by atoms with Gasteiger partial charge in [0.05, 0.1) is 24.3 Å². The Morgan fingerprint density at radius 3 is 2.58 bits per heavy atom. The number of rotatable bonds is 11. The molecule has 1 aromatic carbocycles. The van der Waals surface area contributed by atoms with Gasteiger partial charge in [-0.25, -0.2) is 9.36 Å². The van der Waals surface area contributed by atoms with E-state index in [1.54, 1.807) is 30.3 Å². The molecule has 0 spiro atoms. The quantitative estimate of drug-likeness (QED) is 0.189. The van der Waals surface area contributed by atoms with Crippen LogP contribution in [0.5, 0.6) is 5.75 Å². The number of nitrogens with one attached hydrogen (secondary N) is 1. The SMILES string of the molecule is C[C@H](CP(=O)(OC[C@H]1O[C@@H](n2ccc(=O)[nH]c2=O)[C@](Cl)(Br)[C@@H]1O)Oc1ccccc1)C(=O)OCC(C)(C)O. The molecule has 1 fully saturated rings. The van der Waals surface area contributed by atoms with Crippen molar-refractivity contribution in [3.63, 3.8) is 0 Å². The van der Waals surface area contributed by atoms with Crippen LogP contribution in [0.4, 0.5) is 0 Å². The van der Waals surface area contributed by atoms with E-state index in [4.69, 9.17) is 30.1 Å². The molecule has 2 heterocycles. The lowest BCUT2D eigenvalue weighted by atomic mass is 10.1. The molecular weight excluding hydrogens is 611 g/mol. The molecule has 6 atom stereocenters. The van der Waals surface area contributed by atoms with Crippen molar-refractivity contribution in [1.82, 2.24) is 9.55 Å². The highest BCUT2D eigenvalue weighted by atomic mass is 79.9. The molecule has 0 bridgehead atoms. The van der Waals surface area contributed by atoms with Crippen LogP contribution < -0.4 is 15.8 Å². The Morgan fingerprint density at radius 1 is 1.32 bits per heavy atom. The number of nitrogens with zero attached hydrogens (tertiary/aromatic N) is 1. The largest absolute Gasteiger partial charge is 0.462 e. The number of halogens is 2. The Balaban J connectivity index is 1.78. The van der Waals surface area contributed by atoms with Crippen molar-refractivity contribution in [3.8, 4) is 5.75 Å².